The first-order chi connectivity index (χ1) is 16.0. The molecule has 1 amide bonds. The van der Waals surface area contributed by atoms with Gasteiger partial charge in [0.05, 0.1) is 30.2 Å². The predicted octanol–water partition coefficient (Wildman–Crippen LogP) is 3.88. The van der Waals surface area contributed by atoms with Crippen molar-refractivity contribution in [1.29, 1.82) is 0 Å². The number of anilines is 2. The van der Waals surface area contributed by atoms with Crippen LogP contribution in [0.1, 0.15) is 45.5 Å². The van der Waals surface area contributed by atoms with Crippen LogP contribution in [0.25, 0.3) is 0 Å². The maximum atomic E-state index is 12.8. The van der Waals surface area contributed by atoms with Gasteiger partial charge in [0.1, 0.15) is 0 Å². The lowest BCUT2D eigenvalue weighted by Gasteiger charge is -2.36. The number of hydrogen-bond acceptors (Lipinski definition) is 5. The van der Waals surface area contributed by atoms with Gasteiger partial charge >= 0.3 is 5.97 Å². The fraction of sp³-hybridized carbons (Fsp3) is 0.462. The van der Waals surface area contributed by atoms with Gasteiger partial charge < -0.3 is 20.1 Å². The third-order valence-electron chi connectivity index (χ3n) is 6.72. The van der Waals surface area contributed by atoms with Crippen LogP contribution in [0.3, 0.4) is 0 Å². The number of aryl methyl sites for hydroxylation is 1. The Hall–Kier alpha value is -2.90. The van der Waals surface area contributed by atoms with E-state index in [9.17, 15) is 14.7 Å². The van der Waals surface area contributed by atoms with E-state index in [2.05, 4.69) is 15.1 Å². The number of ether oxygens (including phenoxy) is 1. The number of nitrogens with zero attached hydrogens (tertiary/aromatic N) is 2. The van der Waals surface area contributed by atoms with E-state index in [0.29, 0.717) is 17.2 Å². The van der Waals surface area contributed by atoms with Crippen LogP contribution in [0.4, 0.5) is 11.4 Å². The van der Waals surface area contributed by atoms with Crippen LogP contribution in [0, 0.1) is 12.8 Å². The van der Waals surface area contributed by atoms with Crippen LogP contribution in [-0.4, -0.2) is 67.8 Å². The average molecular weight is 452 g/mol. The molecule has 0 unspecified atom stereocenters. The van der Waals surface area contributed by atoms with E-state index in [-0.39, 0.29) is 11.5 Å². The molecule has 2 fully saturated rings. The predicted molar refractivity (Wildman–Crippen MR) is 129 cm³/mol. The molecule has 7 heteroatoms. The summed E-state index contributed by atoms with van der Waals surface area (Å²) in [6, 6.07) is 12.4. The second-order valence-electron chi connectivity index (χ2n) is 9.03. The van der Waals surface area contributed by atoms with Gasteiger partial charge in [-0.2, -0.15) is 0 Å². The van der Waals surface area contributed by atoms with Crippen LogP contribution in [0.15, 0.2) is 42.5 Å². The lowest BCUT2D eigenvalue weighted by molar-refractivity contribution is 0.0349. The van der Waals surface area contributed by atoms with Crippen molar-refractivity contribution in [3.8, 4) is 0 Å². The average Bonchev–Trinajstić information content (AvgIpc) is 2.84. The van der Waals surface area contributed by atoms with E-state index < -0.39 is 5.97 Å². The van der Waals surface area contributed by atoms with E-state index in [1.54, 1.807) is 24.3 Å². The van der Waals surface area contributed by atoms with E-state index >= 15 is 0 Å². The second kappa shape index (κ2) is 10.8. The van der Waals surface area contributed by atoms with Crippen LogP contribution in [0.5, 0.6) is 0 Å². The first-order valence-corrected chi connectivity index (χ1v) is 11.8. The van der Waals surface area contributed by atoms with Crippen molar-refractivity contribution in [3.05, 3.63) is 59.2 Å². The van der Waals surface area contributed by atoms with Crippen molar-refractivity contribution < 1.29 is 19.4 Å². The highest BCUT2D eigenvalue weighted by molar-refractivity contribution is 6.06. The van der Waals surface area contributed by atoms with Crippen LogP contribution in [0.2, 0.25) is 0 Å². The van der Waals surface area contributed by atoms with Gasteiger partial charge in [0, 0.05) is 31.7 Å². The summed E-state index contributed by atoms with van der Waals surface area (Å²) < 4.78 is 5.43. The molecule has 0 aromatic heterocycles. The summed E-state index contributed by atoms with van der Waals surface area (Å²) in [6.45, 7) is 8.61. The number of carboxylic acid groups (broad SMARTS) is 1. The van der Waals surface area contributed by atoms with E-state index in [0.717, 1.165) is 70.0 Å². The van der Waals surface area contributed by atoms with Gasteiger partial charge in [0.15, 0.2) is 0 Å². The van der Waals surface area contributed by atoms with Gasteiger partial charge in [-0.25, -0.2) is 4.79 Å². The number of carboxylic acids is 1. The molecule has 7 nitrogen and oxygen atoms in total. The van der Waals surface area contributed by atoms with Gasteiger partial charge in [-0.15, -0.1) is 0 Å². The summed E-state index contributed by atoms with van der Waals surface area (Å²) in [4.78, 5) is 29.1. The van der Waals surface area contributed by atoms with Crippen molar-refractivity contribution in [2.24, 2.45) is 5.92 Å². The fourth-order valence-corrected chi connectivity index (χ4v) is 4.60. The molecular formula is C26H33N3O4. The molecule has 2 aliphatic heterocycles. The highest BCUT2D eigenvalue weighted by atomic mass is 16.5. The molecule has 0 spiro atoms. The maximum absolute atomic E-state index is 12.8. The highest BCUT2D eigenvalue weighted by Crippen LogP contribution is 2.32. The number of rotatable bonds is 7. The SMILES string of the molecule is Cc1ccc(C(=O)Nc2cc(C(=O)O)ccc2N2CCC(CCN3CCOCC3)CC2)cc1. The topological polar surface area (TPSA) is 82.1 Å². The normalized spacial score (nSPS) is 17.7. The second-order valence-corrected chi connectivity index (χ2v) is 9.03. The van der Waals surface area contributed by atoms with Gasteiger partial charge in [-0.1, -0.05) is 17.7 Å². The summed E-state index contributed by atoms with van der Waals surface area (Å²) in [6.07, 6.45) is 3.38. The Kier molecular flexibility index (Phi) is 7.62. The molecule has 2 N–H and O–H groups in total. The molecule has 2 saturated heterocycles. The van der Waals surface area contributed by atoms with Crippen LogP contribution in [-0.2, 0) is 4.74 Å². The zero-order valence-electron chi connectivity index (χ0n) is 19.3. The summed E-state index contributed by atoms with van der Waals surface area (Å²) in [5.41, 5.74) is 3.23. The number of carbonyl (C=O) groups is 2. The number of hydrogen-bond donors (Lipinski definition) is 2. The van der Waals surface area contributed by atoms with E-state index in [1.165, 1.54) is 6.42 Å². The Balaban J connectivity index is 1.42. The van der Waals surface area contributed by atoms with E-state index in [1.807, 2.05) is 25.1 Å². The van der Waals surface area contributed by atoms with Crippen LogP contribution >= 0.6 is 0 Å². The quantitative estimate of drug-likeness (QED) is 0.665. The Morgan fingerprint density at radius 1 is 1.00 bits per heavy atom. The Morgan fingerprint density at radius 2 is 1.67 bits per heavy atom. The third-order valence-corrected chi connectivity index (χ3v) is 6.72. The largest absolute Gasteiger partial charge is 0.478 e. The number of piperidine rings is 1. The zero-order valence-corrected chi connectivity index (χ0v) is 19.3. The molecule has 2 aromatic carbocycles. The first-order valence-electron chi connectivity index (χ1n) is 11.8. The van der Waals surface area contributed by atoms with Crippen LogP contribution < -0.4 is 10.2 Å². The molecule has 0 atom stereocenters. The van der Waals surface area contributed by atoms with Gasteiger partial charge in [0.25, 0.3) is 5.91 Å². The summed E-state index contributed by atoms with van der Waals surface area (Å²) in [7, 11) is 0. The van der Waals surface area contributed by atoms with Crippen molar-refractivity contribution >= 4 is 23.3 Å². The monoisotopic (exact) mass is 451 g/mol. The van der Waals surface area contributed by atoms with Gasteiger partial charge in [-0.3, -0.25) is 9.69 Å². The van der Waals surface area contributed by atoms with E-state index in [4.69, 9.17) is 4.74 Å². The number of nitrogens with one attached hydrogen (secondary N) is 1. The van der Waals surface area contributed by atoms with Crippen molar-refractivity contribution in [1.82, 2.24) is 4.90 Å². The molecule has 0 radical (unpaired) electrons. The number of morpholine rings is 1. The standard InChI is InChI=1S/C26H33N3O4/c1-19-2-4-21(5-3-19)25(30)27-23-18-22(26(31)32)6-7-24(23)29-12-9-20(10-13-29)8-11-28-14-16-33-17-15-28/h2-7,18,20H,8-17H2,1H3,(H,27,30)(H,31,32). The number of amides is 1. The lowest BCUT2D eigenvalue weighted by atomic mass is 9.92. The molecule has 0 bridgehead atoms. The van der Waals surface area contributed by atoms with Gasteiger partial charge in [-0.05, 0) is 69.0 Å². The first kappa shape index (κ1) is 23.3. The molecule has 33 heavy (non-hydrogen) atoms. The summed E-state index contributed by atoms with van der Waals surface area (Å²) in [5.74, 6) is -0.554. The van der Waals surface area contributed by atoms with Crippen molar-refractivity contribution in [3.63, 3.8) is 0 Å². The highest BCUT2D eigenvalue weighted by Gasteiger charge is 2.23. The van der Waals surface area contributed by atoms with Crippen molar-refractivity contribution in [2.45, 2.75) is 26.2 Å². The molecule has 4 rings (SSSR count). The Bertz CT molecular complexity index is 962. The fourth-order valence-electron chi connectivity index (χ4n) is 4.60. The third kappa shape index (κ3) is 6.12. The molecule has 176 valence electrons. The minimum Gasteiger partial charge on any atom is -0.478 e. The summed E-state index contributed by atoms with van der Waals surface area (Å²) >= 11 is 0. The maximum Gasteiger partial charge on any atom is 0.335 e. The smallest absolute Gasteiger partial charge is 0.335 e. The molecule has 0 saturated carbocycles. The Morgan fingerprint density at radius 3 is 2.33 bits per heavy atom. The molecule has 0 aliphatic carbocycles. The lowest BCUT2D eigenvalue weighted by Crippen LogP contribution is -2.39. The number of aromatic carboxylic acids is 1. The molecular weight excluding hydrogens is 418 g/mol. The summed E-state index contributed by atoms with van der Waals surface area (Å²) in [5, 5.41) is 12.4. The number of benzene rings is 2. The molecule has 2 aliphatic rings. The molecule has 2 heterocycles. The minimum absolute atomic E-state index is 0.165. The zero-order chi connectivity index (χ0) is 23.2. The van der Waals surface area contributed by atoms with Crippen molar-refractivity contribution in [2.75, 3.05) is 56.2 Å². The number of carbonyl (C=O) groups excluding carboxylic acids is 1. The minimum atomic E-state index is -1.01. The van der Waals surface area contributed by atoms with Gasteiger partial charge in [0.2, 0.25) is 0 Å². The Labute approximate surface area is 195 Å². The molecule has 2 aromatic rings.